The Hall–Kier alpha value is -3.56. The van der Waals surface area contributed by atoms with Crippen LogP contribution in [0, 0.1) is 5.82 Å². The van der Waals surface area contributed by atoms with Gasteiger partial charge in [-0.3, -0.25) is 4.79 Å². The molecule has 2 aliphatic heterocycles. The number of nitrogens with zero attached hydrogens (tertiary/aromatic N) is 3. The first kappa shape index (κ1) is 21.3. The number of carbonyl (C=O) groups is 1. The molecule has 3 aromatic rings. The lowest BCUT2D eigenvalue weighted by Gasteiger charge is -2.31. The van der Waals surface area contributed by atoms with E-state index in [-0.39, 0.29) is 29.4 Å². The highest BCUT2D eigenvalue weighted by atomic mass is 19.1. The summed E-state index contributed by atoms with van der Waals surface area (Å²) in [5, 5.41) is 16.0. The van der Waals surface area contributed by atoms with E-state index in [4.69, 9.17) is 4.74 Å². The van der Waals surface area contributed by atoms with Crippen LogP contribution in [-0.2, 0) is 6.61 Å². The summed E-state index contributed by atoms with van der Waals surface area (Å²) in [4.78, 5) is 23.9. The van der Waals surface area contributed by atoms with Gasteiger partial charge < -0.3 is 25.4 Å². The van der Waals surface area contributed by atoms with Crippen LogP contribution >= 0.6 is 0 Å². The van der Waals surface area contributed by atoms with E-state index in [1.807, 2.05) is 12.1 Å². The molecule has 170 valence electrons. The third kappa shape index (κ3) is 4.01. The Morgan fingerprint density at radius 1 is 1.33 bits per heavy atom. The van der Waals surface area contributed by atoms with E-state index in [1.54, 1.807) is 12.1 Å². The lowest BCUT2D eigenvalue weighted by Crippen LogP contribution is -2.44. The summed E-state index contributed by atoms with van der Waals surface area (Å²) >= 11 is 0. The summed E-state index contributed by atoms with van der Waals surface area (Å²) in [5.74, 6) is -0.650. The normalized spacial score (nSPS) is 19.1. The van der Waals surface area contributed by atoms with Crippen molar-refractivity contribution in [1.29, 1.82) is 0 Å². The molecule has 1 amide bonds. The van der Waals surface area contributed by atoms with Gasteiger partial charge in [-0.25, -0.2) is 14.4 Å². The predicted octanol–water partition coefficient (Wildman–Crippen LogP) is 2.59. The Morgan fingerprint density at radius 2 is 2.21 bits per heavy atom. The van der Waals surface area contributed by atoms with Crippen molar-refractivity contribution in [2.24, 2.45) is 0 Å². The van der Waals surface area contributed by atoms with Crippen molar-refractivity contribution >= 4 is 17.3 Å². The SMILES string of the molecule is COc1cccc(F)c1-c1nccc(C(=O)Nc2cc(CO)ccc2N2C[C@H]3C[C@@H]2CN3)n1. The number of hydrogen-bond acceptors (Lipinski definition) is 7. The molecule has 2 saturated heterocycles. The zero-order valence-corrected chi connectivity index (χ0v) is 18.1. The molecular formula is C24H24FN5O3. The summed E-state index contributed by atoms with van der Waals surface area (Å²) in [6.45, 7) is 1.62. The summed E-state index contributed by atoms with van der Waals surface area (Å²) in [6.07, 6.45) is 2.48. The average Bonchev–Trinajstić information content (AvgIpc) is 3.47. The second kappa shape index (κ2) is 8.76. The second-order valence-electron chi connectivity index (χ2n) is 8.19. The van der Waals surface area contributed by atoms with Crippen LogP contribution in [0.4, 0.5) is 15.8 Å². The molecule has 0 saturated carbocycles. The van der Waals surface area contributed by atoms with Gasteiger partial charge in [0.05, 0.1) is 30.7 Å². The van der Waals surface area contributed by atoms with Crippen molar-refractivity contribution in [2.75, 3.05) is 30.4 Å². The van der Waals surface area contributed by atoms with E-state index in [0.29, 0.717) is 23.3 Å². The number of piperazine rings is 1. The average molecular weight is 449 g/mol. The smallest absolute Gasteiger partial charge is 0.274 e. The number of methoxy groups -OCH3 is 1. The number of amides is 1. The molecule has 0 aliphatic carbocycles. The maximum atomic E-state index is 14.5. The number of aliphatic hydroxyl groups is 1. The highest BCUT2D eigenvalue weighted by Crippen LogP contribution is 2.36. The third-order valence-electron chi connectivity index (χ3n) is 6.16. The van der Waals surface area contributed by atoms with Crippen LogP contribution < -0.4 is 20.3 Å². The zero-order chi connectivity index (χ0) is 22.9. The highest BCUT2D eigenvalue weighted by Gasteiger charge is 2.38. The number of halogens is 1. The van der Waals surface area contributed by atoms with Crippen molar-refractivity contribution in [3.8, 4) is 17.1 Å². The lowest BCUT2D eigenvalue weighted by atomic mass is 10.1. The molecule has 5 rings (SSSR count). The number of aromatic nitrogens is 2. The lowest BCUT2D eigenvalue weighted by molar-refractivity contribution is 0.102. The summed E-state index contributed by atoms with van der Waals surface area (Å²) in [5.41, 5.74) is 2.38. The maximum absolute atomic E-state index is 14.5. The molecule has 1 aromatic heterocycles. The molecule has 0 spiro atoms. The molecule has 2 bridgehead atoms. The number of hydrogen-bond donors (Lipinski definition) is 3. The first-order chi connectivity index (χ1) is 16.1. The first-order valence-electron chi connectivity index (χ1n) is 10.8. The quantitative estimate of drug-likeness (QED) is 0.532. The molecule has 2 atom stereocenters. The predicted molar refractivity (Wildman–Crippen MR) is 122 cm³/mol. The number of rotatable bonds is 6. The minimum absolute atomic E-state index is 0.0601. The zero-order valence-electron chi connectivity index (χ0n) is 18.1. The fourth-order valence-electron chi connectivity index (χ4n) is 4.57. The fourth-order valence-corrected chi connectivity index (χ4v) is 4.57. The summed E-state index contributed by atoms with van der Waals surface area (Å²) in [7, 11) is 1.44. The largest absolute Gasteiger partial charge is 0.496 e. The van der Waals surface area contributed by atoms with Crippen LogP contribution in [-0.4, -0.2) is 53.3 Å². The fraction of sp³-hybridized carbons (Fsp3) is 0.292. The Balaban J connectivity index is 1.46. The van der Waals surface area contributed by atoms with Crippen LogP contribution in [0.25, 0.3) is 11.4 Å². The minimum Gasteiger partial charge on any atom is -0.496 e. The van der Waals surface area contributed by atoms with Gasteiger partial charge in [-0.1, -0.05) is 12.1 Å². The number of carbonyl (C=O) groups excluding carboxylic acids is 1. The molecule has 2 fully saturated rings. The van der Waals surface area contributed by atoms with Crippen LogP contribution in [0.2, 0.25) is 0 Å². The van der Waals surface area contributed by atoms with Gasteiger partial charge in [0, 0.05) is 31.4 Å². The Kier molecular flexibility index (Phi) is 5.65. The van der Waals surface area contributed by atoms with Gasteiger partial charge in [-0.05, 0) is 42.3 Å². The van der Waals surface area contributed by atoms with Gasteiger partial charge in [0.2, 0.25) is 0 Å². The van der Waals surface area contributed by atoms with E-state index >= 15 is 0 Å². The second-order valence-corrected chi connectivity index (χ2v) is 8.19. The molecule has 0 radical (unpaired) electrons. The Labute approximate surface area is 190 Å². The van der Waals surface area contributed by atoms with Crippen molar-refractivity contribution in [3.05, 3.63) is 65.7 Å². The molecule has 3 N–H and O–H groups in total. The van der Waals surface area contributed by atoms with Crippen LogP contribution in [0.1, 0.15) is 22.5 Å². The maximum Gasteiger partial charge on any atom is 0.274 e. The van der Waals surface area contributed by atoms with Gasteiger partial charge in [0.25, 0.3) is 5.91 Å². The number of aliphatic hydroxyl groups excluding tert-OH is 1. The summed E-state index contributed by atoms with van der Waals surface area (Å²) < 4.78 is 19.7. The number of fused-ring (bicyclic) bond motifs is 2. The van der Waals surface area contributed by atoms with Gasteiger partial charge in [0.1, 0.15) is 17.3 Å². The van der Waals surface area contributed by atoms with E-state index in [9.17, 15) is 14.3 Å². The van der Waals surface area contributed by atoms with Crippen LogP contribution in [0.3, 0.4) is 0 Å². The number of nitrogens with one attached hydrogen (secondary N) is 2. The van der Waals surface area contributed by atoms with Gasteiger partial charge in [-0.15, -0.1) is 0 Å². The first-order valence-corrected chi connectivity index (χ1v) is 10.8. The number of benzene rings is 2. The van der Waals surface area contributed by atoms with Crippen molar-refractivity contribution in [3.63, 3.8) is 0 Å². The number of anilines is 2. The molecule has 33 heavy (non-hydrogen) atoms. The van der Waals surface area contributed by atoms with Crippen LogP contribution in [0.5, 0.6) is 5.75 Å². The highest BCUT2D eigenvalue weighted by molar-refractivity contribution is 6.05. The molecule has 2 aromatic carbocycles. The number of ether oxygens (including phenoxy) is 1. The van der Waals surface area contributed by atoms with E-state index in [1.165, 1.54) is 31.5 Å². The Bertz CT molecular complexity index is 1200. The van der Waals surface area contributed by atoms with Gasteiger partial charge >= 0.3 is 0 Å². The molecule has 0 unspecified atom stereocenters. The Morgan fingerprint density at radius 3 is 2.94 bits per heavy atom. The molecule has 8 nitrogen and oxygen atoms in total. The topological polar surface area (TPSA) is 99.6 Å². The van der Waals surface area contributed by atoms with E-state index in [0.717, 1.165) is 25.2 Å². The summed E-state index contributed by atoms with van der Waals surface area (Å²) in [6, 6.07) is 12.3. The van der Waals surface area contributed by atoms with E-state index < -0.39 is 11.7 Å². The van der Waals surface area contributed by atoms with Crippen molar-refractivity contribution < 1.29 is 19.0 Å². The van der Waals surface area contributed by atoms with Crippen molar-refractivity contribution in [1.82, 2.24) is 15.3 Å². The van der Waals surface area contributed by atoms with Gasteiger partial charge in [0.15, 0.2) is 5.82 Å². The standard InChI is InChI=1S/C24H24FN5O3/c1-33-21-4-2-3-17(25)22(21)23-26-8-7-18(28-23)24(32)29-19-9-14(13-31)5-6-20(19)30-12-15-10-16(30)11-27-15/h2-9,15-16,27,31H,10-13H2,1H3,(H,29,32)/t15-,16-/m1/s1. The molecule has 9 heteroatoms. The molecule has 2 aliphatic rings. The molecule has 3 heterocycles. The molecular weight excluding hydrogens is 425 g/mol. The third-order valence-corrected chi connectivity index (χ3v) is 6.16. The minimum atomic E-state index is -0.539. The monoisotopic (exact) mass is 449 g/mol. The van der Waals surface area contributed by atoms with Gasteiger partial charge in [-0.2, -0.15) is 0 Å². The van der Waals surface area contributed by atoms with E-state index in [2.05, 4.69) is 25.5 Å². The van der Waals surface area contributed by atoms with Crippen molar-refractivity contribution in [2.45, 2.75) is 25.1 Å². The van der Waals surface area contributed by atoms with Crippen LogP contribution in [0.15, 0.2) is 48.7 Å².